The molecule has 1 spiro atoms. The molecule has 2 aliphatic rings. The molecule has 0 unspecified atom stereocenters. The zero-order valence-corrected chi connectivity index (χ0v) is 16.2. The highest BCUT2D eigenvalue weighted by Gasteiger charge is 2.57. The van der Waals surface area contributed by atoms with E-state index < -0.39 is 5.60 Å². The monoisotopic (exact) mass is 376 g/mol. The quantitative estimate of drug-likeness (QED) is 0.877. The number of hydrogen-bond acceptors (Lipinski definition) is 5. The van der Waals surface area contributed by atoms with E-state index in [1.54, 1.807) is 9.80 Å². The van der Waals surface area contributed by atoms with E-state index in [2.05, 4.69) is 0 Å². The van der Waals surface area contributed by atoms with Gasteiger partial charge in [-0.05, 0) is 26.3 Å². The number of hydrogen-bond donors (Lipinski definition) is 1. The van der Waals surface area contributed by atoms with Crippen molar-refractivity contribution in [2.45, 2.75) is 33.0 Å². The van der Waals surface area contributed by atoms with Crippen molar-refractivity contribution in [3.8, 4) is 0 Å². The van der Waals surface area contributed by atoms with E-state index in [1.807, 2.05) is 51.1 Å². The first-order valence-corrected chi connectivity index (χ1v) is 9.27. The van der Waals surface area contributed by atoms with Gasteiger partial charge in [0, 0.05) is 44.1 Å². The Morgan fingerprint density at radius 2 is 1.74 bits per heavy atom. The van der Waals surface area contributed by atoms with Crippen molar-refractivity contribution in [1.82, 2.24) is 9.80 Å². The zero-order valence-electron chi connectivity index (χ0n) is 16.2. The fourth-order valence-corrected chi connectivity index (χ4v) is 3.76. The van der Waals surface area contributed by atoms with Crippen LogP contribution >= 0.6 is 0 Å². The molecule has 0 radical (unpaired) electrons. The molecule has 2 aliphatic heterocycles. The van der Waals surface area contributed by atoms with Crippen LogP contribution in [0.1, 0.15) is 26.3 Å². The molecule has 0 saturated carbocycles. The van der Waals surface area contributed by atoms with Crippen LogP contribution in [0.25, 0.3) is 0 Å². The van der Waals surface area contributed by atoms with Crippen molar-refractivity contribution < 1.29 is 24.2 Å². The summed E-state index contributed by atoms with van der Waals surface area (Å²) in [6.45, 7) is 7.56. The normalized spacial score (nSPS) is 21.1. The zero-order chi connectivity index (χ0) is 19.7. The molecule has 7 nitrogen and oxygen atoms in total. The van der Waals surface area contributed by atoms with Gasteiger partial charge in [-0.2, -0.15) is 0 Å². The minimum atomic E-state index is -0.542. The number of benzene rings is 1. The topological polar surface area (TPSA) is 79.3 Å². The number of aliphatic hydroxyl groups is 1. The van der Waals surface area contributed by atoms with E-state index in [-0.39, 0.29) is 36.7 Å². The van der Waals surface area contributed by atoms with Gasteiger partial charge in [0.25, 0.3) is 0 Å². The molecule has 0 aliphatic carbocycles. The third-order valence-electron chi connectivity index (χ3n) is 5.16. The van der Waals surface area contributed by atoms with Gasteiger partial charge in [-0.1, -0.05) is 30.3 Å². The van der Waals surface area contributed by atoms with Gasteiger partial charge in [-0.15, -0.1) is 0 Å². The van der Waals surface area contributed by atoms with E-state index in [9.17, 15) is 14.7 Å². The van der Waals surface area contributed by atoms with Crippen molar-refractivity contribution in [1.29, 1.82) is 0 Å². The first-order valence-electron chi connectivity index (χ1n) is 9.27. The summed E-state index contributed by atoms with van der Waals surface area (Å²) < 4.78 is 10.8. The lowest BCUT2D eigenvalue weighted by atomic mass is 9.72. The second kappa shape index (κ2) is 7.38. The van der Waals surface area contributed by atoms with Crippen LogP contribution < -0.4 is 0 Å². The Labute approximate surface area is 159 Å². The average molecular weight is 376 g/mol. The highest BCUT2D eigenvalue weighted by atomic mass is 16.6. The molecule has 2 heterocycles. The highest BCUT2D eigenvalue weighted by molar-refractivity contribution is 5.71. The van der Waals surface area contributed by atoms with Crippen LogP contribution in [-0.4, -0.2) is 65.5 Å². The maximum absolute atomic E-state index is 12.4. The van der Waals surface area contributed by atoms with E-state index in [1.165, 1.54) is 0 Å². The first kappa shape index (κ1) is 19.5. The van der Waals surface area contributed by atoms with Gasteiger partial charge >= 0.3 is 12.2 Å². The lowest BCUT2D eigenvalue weighted by molar-refractivity contribution is -0.0528. The molecule has 148 valence electrons. The van der Waals surface area contributed by atoms with Crippen molar-refractivity contribution in [2.24, 2.45) is 11.3 Å². The van der Waals surface area contributed by atoms with Crippen molar-refractivity contribution in [3.05, 3.63) is 35.9 Å². The lowest BCUT2D eigenvalue weighted by Gasteiger charge is -2.50. The van der Waals surface area contributed by atoms with Gasteiger partial charge in [0.05, 0.1) is 0 Å². The maximum atomic E-state index is 12.4. The lowest BCUT2D eigenvalue weighted by Crippen LogP contribution is -2.63. The van der Waals surface area contributed by atoms with Gasteiger partial charge in [0.2, 0.25) is 0 Å². The van der Waals surface area contributed by atoms with Gasteiger partial charge in [-0.25, -0.2) is 9.59 Å². The van der Waals surface area contributed by atoms with E-state index in [0.717, 1.165) is 5.56 Å². The summed E-state index contributed by atoms with van der Waals surface area (Å²) in [5.74, 6) is -0.0690. The number of carbonyl (C=O) groups is 2. The molecule has 2 amide bonds. The smallest absolute Gasteiger partial charge is 0.410 e. The fourth-order valence-electron chi connectivity index (χ4n) is 3.76. The summed E-state index contributed by atoms with van der Waals surface area (Å²) in [5, 5.41) is 9.77. The standard InChI is InChI=1S/C20H28N2O5/c1-19(2,3)27-18(25)22-13-20(14-22)12-21(9-16(20)10-23)17(24)26-11-15-7-5-4-6-8-15/h4-8,16,23H,9-14H2,1-3H3/t16-/m1/s1. The molecule has 1 atom stereocenters. The molecule has 1 aromatic rings. The Morgan fingerprint density at radius 1 is 1.11 bits per heavy atom. The molecular weight excluding hydrogens is 348 g/mol. The Hall–Kier alpha value is -2.28. The molecule has 0 aromatic heterocycles. The molecule has 1 aromatic carbocycles. The SMILES string of the molecule is CC(C)(C)OC(=O)N1CC2(CN(C(=O)OCc3ccccc3)C[C@@H]2CO)C1. The van der Waals surface area contributed by atoms with Gasteiger partial charge in [-0.3, -0.25) is 0 Å². The number of aliphatic hydroxyl groups excluding tert-OH is 1. The van der Waals surface area contributed by atoms with Gasteiger partial charge < -0.3 is 24.4 Å². The molecule has 27 heavy (non-hydrogen) atoms. The maximum Gasteiger partial charge on any atom is 0.410 e. The molecular formula is C20H28N2O5. The first-order chi connectivity index (χ1) is 12.7. The van der Waals surface area contributed by atoms with Crippen LogP contribution in [0, 0.1) is 11.3 Å². The molecule has 3 rings (SSSR count). The van der Waals surface area contributed by atoms with Crippen LogP contribution in [-0.2, 0) is 16.1 Å². The molecule has 0 bridgehead atoms. The molecule has 2 fully saturated rings. The van der Waals surface area contributed by atoms with Crippen molar-refractivity contribution >= 4 is 12.2 Å². The average Bonchev–Trinajstić information content (AvgIpc) is 2.98. The number of carbonyl (C=O) groups excluding carboxylic acids is 2. The van der Waals surface area contributed by atoms with Crippen molar-refractivity contribution in [2.75, 3.05) is 32.8 Å². The number of nitrogens with zero attached hydrogens (tertiary/aromatic N) is 2. The third-order valence-corrected chi connectivity index (χ3v) is 5.16. The minimum Gasteiger partial charge on any atom is -0.445 e. The van der Waals surface area contributed by atoms with Gasteiger partial charge in [0.15, 0.2) is 0 Å². The van der Waals surface area contributed by atoms with Crippen LogP contribution in [0.2, 0.25) is 0 Å². The Morgan fingerprint density at radius 3 is 2.33 bits per heavy atom. The van der Waals surface area contributed by atoms with Crippen LogP contribution in [0.3, 0.4) is 0 Å². The molecule has 7 heteroatoms. The van der Waals surface area contributed by atoms with Crippen LogP contribution in [0.4, 0.5) is 9.59 Å². The summed E-state index contributed by atoms with van der Waals surface area (Å²) >= 11 is 0. The molecule has 2 saturated heterocycles. The van der Waals surface area contributed by atoms with Crippen LogP contribution in [0.5, 0.6) is 0 Å². The summed E-state index contributed by atoms with van der Waals surface area (Å²) in [5.41, 5.74) is 0.106. The Balaban J connectivity index is 1.55. The number of rotatable bonds is 3. The van der Waals surface area contributed by atoms with E-state index >= 15 is 0 Å². The Kier molecular flexibility index (Phi) is 5.33. The van der Waals surface area contributed by atoms with Gasteiger partial charge in [0.1, 0.15) is 12.2 Å². The van der Waals surface area contributed by atoms with Crippen LogP contribution in [0.15, 0.2) is 30.3 Å². The predicted molar refractivity (Wildman–Crippen MR) is 99.0 cm³/mol. The number of ether oxygens (including phenoxy) is 2. The largest absolute Gasteiger partial charge is 0.445 e. The van der Waals surface area contributed by atoms with Crippen molar-refractivity contribution in [3.63, 3.8) is 0 Å². The van der Waals surface area contributed by atoms with E-state index in [0.29, 0.717) is 26.2 Å². The third kappa shape index (κ3) is 4.35. The number of likely N-dealkylation sites (tertiary alicyclic amines) is 2. The number of amides is 2. The summed E-state index contributed by atoms with van der Waals surface area (Å²) in [4.78, 5) is 27.9. The fraction of sp³-hybridized carbons (Fsp3) is 0.600. The highest BCUT2D eigenvalue weighted by Crippen LogP contribution is 2.44. The minimum absolute atomic E-state index is 0.0232. The predicted octanol–water partition coefficient (Wildman–Crippen LogP) is 2.48. The second-order valence-corrected chi connectivity index (χ2v) is 8.50. The summed E-state index contributed by atoms with van der Waals surface area (Å²) in [6, 6.07) is 9.51. The summed E-state index contributed by atoms with van der Waals surface area (Å²) in [6.07, 6.45) is -0.736. The molecule has 1 N–H and O–H groups in total. The Bertz CT molecular complexity index is 679. The van der Waals surface area contributed by atoms with E-state index in [4.69, 9.17) is 9.47 Å². The summed E-state index contributed by atoms with van der Waals surface area (Å²) in [7, 11) is 0. The second-order valence-electron chi connectivity index (χ2n) is 8.50.